The largest absolute Gasteiger partial charge is 0.295 e. The topological polar surface area (TPSA) is 3.01 Å². The molecule has 178 valence electrons. The average Bonchev–Trinajstić information content (AvgIpc) is 3.51. The molecule has 5 aliphatic carbocycles. The van der Waals surface area contributed by atoms with E-state index in [1.54, 1.807) is 5.57 Å². The lowest BCUT2D eigenvalue weighted by molar-refractivity contribution is -0.181. The van der Waals surface area contributed by atoms with E-state index in [4.69, 9.17) is 0 Å². The predicted octanol–water partition coefficient (Wildman–Crippen LogP) is 7.88. The fraction of sp³-hybridized carbons (Fsp3) is 0.871. The van der Waals surface area contributed by atoms with Crippen LogP contribution in [0.3, 0.4) is 0 Å². The molecule has 0 aromatic carbocycles. The van der Waals surface area contributed by atoms with Gasteiger partial charge in [-0.2, -0.15) is 0 Å². The minimum atomic E-state index is 0.378. The van der Waals surface area contributed by atoms with Crippen molar-refractivity contribution >= 4 is 0 Å². The number of fused-ring (bicyclic) bond motifs is 7. The van der Waals surface area contributed by atoms with Crippen LogP contribution in [0.5, 0.6) is 0 Å². The van der Waals surface area contributed by atoms with Gasteiger partial charge in [0.1, 0.15) is 0 Å². The maximum atomic E-state index is 4.54. The van der Waals surface area contributed by atoms with Gasteiger partial charge in [0.2, 0.25) is 0 Å². The van der Waals surface area contributed by atoms with Crippen molar-refractivity contribution in [3.05, 3.63) is 23.8 Å². The SMILES string of the molecule is C=C(C)[C@@H]1CC[C@]2(N3CC3)CC[C@@H]3[C@H](CC[C@H]4[C@@]3(C)CC[C@H]3C(C)(C)C(C)=CC[C@]43C)[C@@H]12. The first kappa shape index (κ1) is 21.9. The zero-order valence-corrected chi connectivity index (χ0v) is 22.0. The van der Waals surface area contributed by atoms with Gasteiger partial charge in [0, 0.05) is 18.6 Å². The van der Waals surface area contributed by atoms with Crippen molar-refractivity contribution in [1.29, 1.82) is 0 Å². The molecule has 0 spiro atoms. The van der Waals surface area contributed by atoms with Gasteiger partial charge in [0.05, 0.1) is 0 Å². The second-order valence-corrected chi connectivity index (χ2v) is 14.5. The molecule has 1 nitrogen and oxygen atoms in total. The fourth-order valence-electron chi connectivity index (χ4n) is 11.6. The Kier molecular flexibility index (Phi) is 4.64. The van der Waals surface area contributed by atoms with Gasteiger partial charge in [-0.15, -0.1) is 0 Å². The molecule has 9 atom stereocenters. The highest BCUT2D eigenvalue weighted by Crippen LogP contribution is 2.73. The molecule has 0 aromatic rings. The van der Waals surface area contributed by atoms with Crippen molar-refractivity contribution in [1.82, 2.24) is 4.90 Å². The van der Waals surface area contributed by atoms with E-state index in [2.05, 4.69) is 59.1 Å². The minimum absolute atomic E-state index is 0.378. The quantitative estimate of drug-likeness (QED) is 0.315. The second-order valence-electron chi connectivity index (χ2n) is 14.5. The predicted molar refractivity (Wildman–Crippen MR) is 135 cm³/mol. The molecule has 0 bridgehead atoms. The minimum Gasteiger partial charge on any atom is -0.295 e. The molecule has 32 heavy (non-hydrogen) atoms. The Morgan fingerprint density at radius 1 is 0.906 bits per heavy atom. The smallest absolute Gasteiger partial charge is 0.0247 e. The van der Waals surface area contributed by atoms with Gasteiger partial charge in [0.25, 0.3) is 0 Å². The van der Waals surface area contributed by atoms with Crippen LogP contribution in [0.2, 0.25) is 0 Å². The lowest BCUT2D eigenvalue weighted by atomic mass is 9.37. The zero-order chi connectivity index (χ0) is 22.7. The first-order valence-corrected chi connectivity index (χ1v) is 14.1. The van der Waals surface area contributed by atoms with Gasteiger partial charge in [-0.25, -0.2) is 0 Å². The molecular weight excluding hydrogens is 386 g/mol. The molecule has 0 unspecified atom stereocenters. The molecule has 4 saturated carbocycles. The number of allylic oxidation sites excluding steroid dienone is 3. The molecule has 1 aliphatic heterocycles. The Morgan fingerprint density at radius 3 is 2.31 bits per heavy atom. The van der Waals surface area contributed by atoms with Crippen LogP contribution < -0.4 is 0 Å². The summed E-state index contributed by atoms with van der Waals surface area (Å²) in [6.07, 6.45) is 15.8. The summed E-state index contributed by atoms with van der Waals surface area (Å²) >= 11 is 0. The summed E-state index contributed by atoms with van der Waals surface area (Å²) in [6.45, 7) is 22.7. The third-order valence-electron chi connectivity index (χ3n) is 13.2. The van der Waals surface area contributed by atoms with Crippen LogP contribution in [0, 0.1) is 51.8 Å². The van der Waals surface area contributed by atoms with Crippen molar-refractivity contribution < 1.29 is 0 Å². The maximum absolute atomic E-state index is 4.54. The molecule has 1 heteroatoms. The molecule has 0 aromatic heterocycles. The van der Waals surface area contributed by atoms with Gasteiger partial charge in [0.15, 0.2) is 0 Å². The summed E-state index contributed by atoms with van der Waals surface area (Å²) in [7, 11) is 0. The zero-order valence-electron chi connectivity index (χ0n) is 22.0. The third-order valence-corrected chi connectivity index (χ3v) is 13.2. The molecule has 6 aliphatic rings. The van der Waals surface area contributed by atoms with Crippen molar-refractivity contribution in [2.24, 2.45) is 51.8 Å². The molecule has 1 heterocycles. The third kappa shape index (κ3) is 2.61. The standard InChI is InChI=1S/C31H49N/c1-20(2)22-11-16-31(32-18-19-32)17-12-24-23(27(22)31)8-9-26-29(24,6)15-13-25-28(4,5)21(3)10-14-30(25,26)7/h10,22-27H,1,8-9,11-19H2,2-7H3/t22-,23-,24+,25-,26-,27+,29-,30-,31-/m0/s1. The number of rotatable bonds is 2. The lowest BCUT2D eigenvalue weighted by Gasteiger charge is -2.68. The summed E-state index contributed by atoms with van der Waals surface area (Å²) in [6, 6.07) is 0. The molecular formula is C31H49N. The van der Waals surface area contributed by atoms with E-state index in [0.29, 0.717) is 21.8 Å². The summed E-state index contributed by atoms with van der Waals surface area (Å²) < 4.78 is 0. The fourth-order valence-corrected chi connectivity index (χ4v) is 11.6. The first-order chi connectivity index (χ1) is 15.1. The monoisotopic (exact) mass is 435 g/mol. The molecule has 1 saturated heterocycles. The Balaban J connectivity index is 1.37. The van der Waals surface area contributed by atoms with Crippen LogP contribution in [0.25, 0.3) is 0 Å². The van der Waals surface area contributed by atoms with Gasteiger partial charge >= 0.3 is 0 Å². The summed E-state index contributed by atoms with van der Waals surface area (Å²) in [4.78, 5) is 2.90. The van der Waals surface area contributed by atoms with E-state index < -0.39 is 0 Å². The number of hydrogen-bond acceptors (Lipinski definition) is 1. The number of hydrogen-bond donors (Lipinski definition) is 0. The Hall–Kier alpha value is -0.560. The highest BCUT2D eigenvalue weighted by molar-refractivity contribution is 5.25. The van der Waals surface area contributed by atoms with Crippen LogP contribution in [0.4, 0.5) is 0 Å². The lowest BCUT2D eigenvalue weighted by Crippen LogP contribution is -2.63. The highest BCUT2D eigenvalue weighted by Gasteiger charge is 2.67. The van der Waals surface area contributed by atoms with Crippen LogP contribution in [0.15, 0.2) is 23.8 Å². The Morgan fingerprint density at radius 2 is 1.62 bits per heavy atom. The molecule has 5 fully saturated rings. The van der Waals surface area contributed by atoms with Crippen LogP contribution in [-0.4, -0.2) is 23.5 Å². The molecule has 0 amide bonds. The Bertz CT molecular complexity index is 847. The normalized spacial score (nSPS) is 54.0. The summed E-state index contributed by atoms with van der Waals surface area (Å²) in [5, 5.41) is 0. The van der Waals surface area contributed by atoms with Gasteiger partial charge in [-0.05, 0) is 123 Å². The van der Waals surface area contributed by atoms with E-state index in [1.807, 2.05) is 0 Å². The summed E-state index contributed by atoms with van der Waals surface area (Å²) in [5.41, 5.74) is 5.13. The van der Waals surface area contributed by atoms with Crippen molar-refractivity contribution in [3.63, 3.8) is 0 Å². The van der Waals surface area contributed by atoms with Crippen molar-refractivity contribution in [3.8, 4) is 0 Å². The van der Waals surface area contributed by atoms with E-state index in [1.165, 1.54) is 76.5 Å². The average molecular weight is 436 g/mol. The Labute approximate surface area is 198 Å². The molecule has 0 N–H and O–H groups in total. The molecule has 0 radical (unpaired) electrons. The highest BCUT2D eigenvalue weighted by atomic mass is 15.3. The molecule has 6 rings (SSSR count). The first-order valence-electron chi connectivity index (χ1n) is 14.1. The summed E-state index contributed by atoms with van der Waals surface area (Å²) in [5.74, 6) is 5.36. The van der Waals surface area contributed by atoms with E-state index >= 15 is 0 Å². The van der Waals surface area contributed by atoms with Gasteiger partial charge in [-0.1, -0.05) is 51.5 Å². The van der Waals surface area contributed by atoms with Gasteiger partial charge < -0.3 is 0 Å². The van der Waals surface area contributed by atoms with E-state index in [-0.39, 0.29) is 0 Å². The van der Waals surface area contributed by atoms with Crippen LogP contribution >= 0.6 is 0 Å². The van der Waals surface area contributed by atoms with Crippen molar-refractivity contribution in [2.75, 3.05) is 13.1 Å². The maximum Gasteiger partial charge on any atom is 0.0247 e. The number of nitrogens with zero attached hydrogens (tertiary/aromatic N) is 1. The van der Waals surface area contributed by atoms with Crippen LogP contribution in [0.1, 0.15) is 99.3 Å². The van der Waals surface area contributed by atoms with Crippen molar-refractivity contribution in [2.45, 2.75) is 105 Å². The second kappa shape index (κ2) is 6.77. The van der Waals surface area contributed by atoms with E-state index in [9.17, 15) is 0 Å². The van der Waals surface area contributed by atoms with E-state index in [0.717, 1.165) is 35.5 Å². The van der Waals surface area contributed by atoms with Crippen LogP contribution in [-0.2, 0) is 0 Å². The van der Waals surface area contributed by atoms with Gasteiger partial charge in [-0.3, -0.25) is 4.90 Å².